The van der Waals surface area contributed by atoms with Crippen LogP contribution in [0.4, 0.5) is 5.69 Å². The minimum Gasteiger partial charge on any atom is -0.478 e. The van der Waals surface area contributed by atoms with E-state index in [4.69, 9.17) is 5.11 Å². The lowest BCUT2D eigenvalue weighted by Gasteiger charge is -2.13. The Bertz CT molecular complexity index is 480. The van der Waals surface area contributed by atoms with Crippen LogP contribution in [0.25, 0.3) is 0 Å². The Balaban J connectivity index is 3.40. The molecule has 96 valence electrons. The highest BCUT2D eigenvalue weighted by Gasteiger charge is 2.27. The fourth-order valence-corrected chi connectivity index (χ4v) is 1.37. The van der Waals surface area contributed by atoms with E-state index in [0.29, 0.717) is 0 Å². The Labute approximate surface area is 102 Å². The maximum atomic E-state index is 11.8. The number of amides is 1. The van der Waals surface area contributed by atoms with Crippen LogP contribution in [0.1, 0.15) is 20.7 Å². The number of hydrogen-bond donors (Lipinski definition) is 2. The lowest BCUT2D eigenvalue weighted by atomic mass is 10.0. The number of nitrogens with one attached hydrogen (secondary N) is 1. The summed E-state index contributed by atoms with van der Waals surface area (Å²) in [6, 6.07) is 3.44. The Morgan fingerprint density at radius 3 is 2.44 bits per heavy atom. The fraction of sp³-hybridized carbons (Fsp3) is 0.200. The van der Waals surface area contributed by atoms with Gasteiger partial charge in [-0.05, 0) is 6.07 Å². The number of nitrogens with zero attached hydrogens (tertiary/aromatic N) is 2. The number of nitro groups is 1. The Kier molecular flexibility index (Phi) is 3.95. The lowest BCUT2D eigenvalue weighted by Crippen LogP contribution is -2.37. The summed E-state index contributed by atoms with van der Waals surface area (Å²) in [4.78, 5) is 32.8. The smallest absolute Gasteiger partial charge is 0.336 e. The monoisotopic (exact) mass is 253 g/mol. The van der Waals surface area contributed by atoms with Gasteiger partial charge >= 0.3 is 5.97 Å². The lowest BCUT2D eigenvalue weighted by molar-refractivity contribution is -0.385. The summed E-state index contributed by atoms with van der Waals surface area (Å²) in [5.74, 6) is -2.24. The van der Waals surface area contributed by atoms with Crippen LogP contribution in [0, 0.1) is 10.1 Å². The van der Waals surface area contributed by atoms with Crippen molar-refractivity contribution in [3.8, 4) is 0 Å². The van der Waals surface area contributed by atoms with Gasteiger partial charge in [0.1, 0.15) is 5.56 Å². The second kappa shape index (κ2) is 5.23. The van der Waals surface area contributed by atoms with Crippen molar-refractivity contribution in [2.45, 2.75) is 0 Å². The van der Waals surface area contributed by atoms with Crippen LogP contribution in [0.3, 0.4) is 0 Å². The number of benzene rings is 1. The van der Waals surface area contributed by atoms with E-state index >= 15 is 0 Å². The van der Waals surface area contributed by atoms with E-state index in [9.17, 15) is 19.7 Å². The summed E-state index contributed by atoms with van der Waals surface area (Å²) in [6.07, 6.45) is 0. The van der Waals surface area contributed by atoms with E-state index in [0.717, 1.165) is 12.1 Å². The molecular formula is C10H11N3O5. The molecule has 0 fully saturated rings. The predicted octanol–water partition coefficient (Wildman–Crippen LogP) is 0.499. The molecule has 0 aliphatic carbocycles. The van der Waals surface area contributed by atoms with Crippen LogP contribution < -0.4 is 5.43 Å². The summed E-state index contributed by atoms with van der Waals surface area (Å²) in [5, 5.41) is 21.0. The van der Waals surface area contributed by atoms with Gasteiger partial charge in [0, 0.05) is 20.2 Å². The first kappa shape index (κ1) is 13.6. The highest BCUT2D eigenvalue weighted by molar-refractivity contribution is 6.07. The first-order chi connectivity index (χ1) is 8.34. The van der Waals surface area contributed by atoms with Gasteiger partial charge in [-0.15, -0.1) is 0 Å². The third kappa shape index (κ3) is 2.80. The molecule has 2 N–H and O–H groups in total. The van der Waals surface area contributed by atoms with E-state index in [1.807, 2.05) is 0 Å². The third-order valence-corrected chi connectivity index (χ3v) is 2.02. The number of rotatable bonds is 4. The quantitative estimate of drug-likeness (QED) is 0.596. The summed E-state index contributed by atoms with van der Waals surface area (Å²) in [7, 11) is 3.01. The van der Waals surface area contributed by atoms with Crippen molar-refractivity contribution in [3.63, 3.8) is 0 Å². The number of carboxylic acids is 1. The maximum Gasteiger partial charge on any atom is 0.336 e. The molecule has 0 saturated heterocycles. The molecule has 18 heavy (non-hydrogen) atoms. The largest absolute Gasteiger partial charge is 0.478 e. The van der Waals surface area contributed by atoms with Crippen molar-refractivity contribution in [1.82, 2.24) is 10.4 Å². The van der Waals surface area contributed by atoms with Gasteiger partial charge in [-0.25, -0.2) is 9.80 Å². The number of carboxylic acid groups (broad SMARTS) is 1. The van der Waals surface area contributed by atoms with Crippen molar-refractivity contribution in [2.24, 2.45) is 0 Å². The second-order valence-electron chi connectivity index (χ2n) is 3.60. The molecule has 0 aromatic heterocycles. The van der Waals surface area contributed by atoms with E-state index in [1.165, 1.54) is 25.2 Å². The minimum absolute atomic E-state index is 0.413. The van der Waals surface area contributed by atoms with Crippen molar-refractivity contribution < 1.29 is 19.6 Å². The number of nitro benzene ring substituents is 1. The molecule has 0 unspecified atom stereocenters. The average molecular weight is 253 g/mol. The molecule has 0 heterocycles. The van der Waals surface area contributed by atoms with Crippen molar-refractivity contribution >= 4 is 17.6 Å². The van der Waals surface area contributed by atoms with Crippen LogP contribution >= 0.6 is 0 Å². The van der Waals surface area contributed by atoms with E-state index in [1.54, 1.807) is 0 Å². The zero-order valence-corrected chi connectivity index (χ0v) is 9.71. The molecule has 8 nitrogen and oxygen atoms in total. The maximum absolute atomic E-state index is 11.8. The Morgan fingerprint density at radius 2 is 2.00 bits per heavy atom. The summed E-state index contributed by atoms with van der Waals surface area (Å²) in [6.45, 7) is 0. The van der Waals surface area contributed by atoms with Crippen LogP contribution in [-0.4, -0.2) is 41.0 Å². The van der Waals surface area contributed by atoms with Crippen LogP contribution in [0.2, 0.25) is 0 Å². The minimum atomic E-state index is -1.40. The van der Waals surface area contributed by atoms with Crippen LogP contribution in [0.5, 0.6) is 0 Å². The number of hydrazine groups is 1. The molecule has 1 aromatic carbocycles. The van der Waals surface area contributed by atoms with Crippen molar-refractivity contribution in [2.75, 3.05) is 14.1 Å². The predicted molar refractivity (Wildman–Crippen MR) is 61.2 cm³/mol. The summed E-state index contributed by atoms with van der Waals surface area (Å²) < 4.78 is 0. The Hall–Kier alpha value is -2.48. The van der Waals surface area contributed by atoms with E-state index in [2.05, 4.69) is 5.43 Å². The van der Waals surface area contributed by atoms with Gasteiger partial charge in [0.2, 0.25) is 0 Å². The fourth-order valence-electron chi connectivity index (χ4n) is 1.37. The standard InChI is InChI=1S/C10H11N3O5/c1-12(2)11-9(14)8-6(10(15)16)4-3-5-7(8)13(17)18/h3-5H,1-2H3,(H,11,14)(H,15,16). The van der Waals surface area contributed by atoms with Crippen molar-refractivity contribution in [1.29, 1.82) is 0 Å². The molecule has 1 rings (SSSR count). The SMILES string of the molecule is CN(C)NC(=O)c1c(C(=O)O)cccc1[N+](=O)[O-]. The van der Waals surface area contributed by atoms with Gasteiger partial charge in [-0.3, -0.25) is 20.3 Å². The first-order valence-corrected chi connectivity index (χ1v) is 4.83. The molecule has 1 aromatic rings. The first-order valence-electron chi connectivity index (χ1n) is 4.83. The molecule has 1 amide bonds. The number of hydrogen-bond acceptors (Lipinski definition) is 5. The van der Waals surface area contributed by atoms with Crippen molar-refractivity contribution in [3.05, 3.63) is 39.4 Å². The number of carbonyl (C=O) groups excluding carboxylic acids is 1. The number of carbonyl (C=O) groups is 2. The normalized spacial score (nSPS) is 10.2. The zero-order chi connectivity index (χ0) is 13.9. The van der Waals surface area contributed by atoms with E-state index in [-0.39, 0.29) is 0 Å². The summed E-state index contributed by atoms with van der Waals surface area (Å²) >= 11 is 0. The summed E-state index contributed by atoms with van der Waals surface area (Å²) in [5.41, 5.74) is 0.847. The molecule has 0 bridgehead atoms. The average Bonchev–Trinajstić information content (AvgIpc) is 2.26. The van der Waals surface area contributed by atoms with Crippen LogP contribution in [0.15, 0.2) is 18.2 Å². The van der Waals surface area contributed by atoms with Crippen LogP contribution in [-0.2, 0) is 0 Å². The topological polar surface area (TPSA) is 113 Å². The highest BCUT2D eigenvalue weighted by Crippen LogP contribution is 2.22. The van der Waals surface area contributed by atoms with Gasteiger partial charge in [0.25, 0.3) is 11.6 Å². The second-order valence-corrected chi connectivity index (χ2v) is 3.60. The molecule has 0 aliphatic rings. The Morgan fingerprint density at radius 1 is 1.39 bits per heavy atom. The number of aromatic carboxylic acids is 1. The van der Waals surface area contributed by atoms with Gasteiger partial charge in [-0.2, -0.15) is 0 Å². The molecule has 0 saturated carbocycles. The third-order valence-electron chi connectivity index (χ3n) is 2.02. The van der Waals surface area contributed by atoms with Gasteiger partial charge in [-0.1, -0.05) is 6.07 Å². The van der Waals surface area contributed by atoms with Gasteiger partial charge in [0.15, 0.2) is 0 Å². The molecule has 0 aliphatic heterocycles. The molecular weight excluding hydrogens is 242 g/mol. The highest BCUT2D eigenvalue weighted by atomic mass is 16.6. The molecule has 0 spiro atoms. The molecule has 0 atom stereocenters. The molecule has 0 radical (unpaired) electrons. The van der Waals surface area contributed by atoms with Gasteiger partial charge < -0.3 is 5.11 Å². The zero-order valence-electron chi connectivity index (χ0n) is 9.71. The van der Waals surface area contributed by atoms with E-state index < -0.39 is 33.6 Å². The van der Waals surface area contributed by atoms with Gasteiger partial charge in [0.05, 0.1) is 10.5 Å². The molecule has 8 heteroatoms.